The first kappa shape index (κ1) is 23.9. The van der Waals surface area contributed by atoms with E-state index in [-0.39, 0.29) is 17.8 Å². The molecule has 4 aromatic rings. The van der Waals surface area contributed by atoms with Gasteiger partial charge in [0.15, 0.2) is 11.2 Å². The van der Waals surface area contributed by atoms with E-state index >= 15 is 0 Å². The maximum atomic E-state index is 12.4. The molecule has 182 valence electrons. The third-order valence-corrected chi connectivity index (χ3v) is 5.92. The van der Waals surface area contributed by atoms with E-state index in [1.807, 2.05) is 55.8 Å². The average molecular weight is 477 g/mol. The first-order valence-electron chi connectivity index (χ1n) is 11.5. The molecular formula is C25H28N6O4. The van der Waals surface area contributed by atoms with Crippen LogP contribution in [-0.2, 0) is 29.7 Å². The average Bonchev–Trinajstić information content (AvgIpc) is 3.32. The predicted octanol–water partition coefficient (Wildman–Crippen LogP) is 2.78. The van der Waals surface area contributed by atoms with Crippen LogP contribution in [0.15, 0.2) is 46.0 Å². The zero-order chi connectivity index (χ0) is 25.1. The van der Waals surface area contributed by atoms with Gasteiger partial charge in [0.25, 0.3) is 5.56 Å². The molecule has 0 radical (unpaired) electrons. The number of unbranched alkanes of at least 4 members (excludes halogenated alkanes) is 1. The second-order valence-corrected chi connectivity index (χ2v) is 8.30. The Balaban J connectivity index is 1.53. The van der Waals surface area contributed by atoms with Crippen molar-refractivity contribution >= 4 is 23.2 Å². The van der Waals surface area contributed by atoms with Crippen molar-refractivity contribution in [3.8, 4) is 5.69 Å². The molecule has 0 aliphatic heterocycles. The number of benzene rings is 1. The van der Waals surface area contributed by atoms with Crippen LogP contribution in [0, 0.1) is 13.8 Å². The number of rotatable bonds is 8. The van der Waals surface area contributed by atoms with E-state index in [0.717, 1.165) is 35.5 Å². The maximum absolute atomic E-state index is 12.4. The zero-order valence-corrected chi connectivity index (χ0v) is 20.2. The lowest BCUT2D eigenvalue weighted by Crippen LogP contribution is -2.31. The number of H-pyrrole nitrogens is 1. The fourth-order valence-corrected chi connectivity index (χ4v) is 4.00. The summed E-state index contributed by atoms with van der Waals surface area (Å²) in [5.74, 6) is -0.187. The molecule has 0 unspecified atom stereocenters. The number of hydrogen-bond donors (Lipinski definition) is 1. The number of fused-ring (bicyclic) bond motifs is 1. The van der Waals surface area contributed by atoms with Crippen molar-refractivity contribution in [3.63, 3.8) is 0 Å². The minimum absolute atomic E-state index is 0.142. The highest BCUT2D eigenvalue weighted by Crippen LogP contribution is 2.19. The van der Waals surface area contributed by atoms with Crippen molar-refractivity contribution in [3.05, 3.63) is 80.0 Å². The minimum Gasteiger partial charge on any atom is -0.454 e. The van der Waals surface area contributed by atoms with Crippen molar-refractivity contribution < 1.29 is 9.53 Å². The third-order valence-electron chi connectivity index (χ3n) is 5.92. The highest BCUT2D eigenvalue weighted by Gasteiger charge is 2.17. The molecule has 0 fully saturated rings. The van der Waals surface area contributed by atoms with Crippen LogP contribution in [0.1, 0.15) is 42.5 Å². The van der Waals surface area contributed by atoms with E-state index in [4.69, 9.17) is 4.74 Å². The number of aromatic nitrogens is 6. The van der Waals surface area contributed by atoms with Gasteiger partial charge < -0.3 is 9.30 Å². The quantitative estimate of drug-likeness (QED) is 0.309. The molecule has 0 saturated heterocycles. The molecule has 0 aliphatic rings. The van der Waals surface area contributed by atoms with Gasteiger partial charge in [0.1, 0.15) is 12.4 Å². The zero-order valence-electron chi connectivity index (χ0n) is 20.2. The molecule has 1 aromatic carbocycles. The number of para-hydroxylation sites is 1. The smallest absolute Gasteiger partial charge is 0.331 e. The molecule has 0 saturated carbocycles. The van der Waals surface area contributed by atoms with E-state index in [1.54, 1.807) is 17.7 Å². The molecule has 3 aromatic heterocycles. The first-order valence-corrected chi connectivity index (χ1v) is 11.5. The van der Waals surface area contributed by atoms with Gasteiger partial charge >= 0.3 is 11.7 Å². The first-order chi connectivity index (χ1) is 16.8. The fourth-order valence-electron chi connectivity index (χ4n) is 4.00. The Labute approximate surface area is 201 Å². The van der Waals surface area contributed by atoms with Crippen molar-refractivity contribution in [2.75, 3.05) is 0 Å². The summed E-state index contributed by atoms with van der Waals surface area (Å²) in [5.41, 5.74) is 2.99. The summed E-state index contributed by atoms with van der Waals surface area (Å²) < 4.78 is 10.2. The van der Waals surface area contributed by atoms with E-state index in [1.165, 1.54) is 10.6 Å². The standard InChI is InChI=1S/C25H28N6O4/c1-5-6-14-30-23-22(24(33)27-25(30)34)29(4)20(26-23)15-35-21(32)13-12-19-16(2)28-31(17(19)3)18-10-8-7-9-11-18/h7-13H,5-6,14-15H2,1-4H3,(H,27,33,34)/b13-12+. The Kier molecular flexibility index (Phi) is 6.81. The fraction of sp³-hybridized carbons (Fsp3) is 0.320. The molecule has 0 atom stereocenters. The number of aryl methyl sites for hydroxylation is 3. The van der Waals surface area contributed by atoms with Gasteiger partial charge in [0.05, 0.1) is 11.4 Å². The number of nitrogens with one attached hydrogen (secondary N) is 1. The second kappa shape index (κ2) is 9.96. The van der Waals surface area contributed by atoms with Crippen molar-refractivity contribution in [1.29, 1.82) is 0 Å². The molecule has 0 amide bonds. The lowest BCUT2D eigenvalue weighted by molar-refractivity contribution is -0.139. The third kappa shape index (κ3) is 4.72. The van der Waals surface area contributed by atoms with E-state index < -0.39 is 17.2 Å². The molecule has 4 rings (SSSR count). The molecule has 0 aliphatic carbocycles. The summed E-state index contributed by atoms with van der Waals surface area (Å²) in [6.07, 6.45) is 4.69. The van der Waals surface area contributed by atoms with Gasteiger partial charge in [-0.15, -0.1) is 0 Å². The molecule has 10 nitrogen and oxygen atoms in total. The van der Waals surface area contributed by atoms with Crippen LogP contribution in [0.3, 0.4) is 0 Å². The van der Waals surface area contributed by atoms with Crippen LogP contribution in [0.5, 0.6) is 0 Å². The van der Waals surface area contributed by atoms with Gasteiger partial charge in [-0.05, 0) is 38.5 Å². The van der Waals surface area contributed by atoms with Crippen LogP contribution in [0.25, 0.3) is 22.9 Å². The Bertz CT molecular complexity index is 1520. The van der Waals surface area contributed by atoms with Crippen molar-refractivity contribution in [2.24, 2.45) is 7.05 Å². The Morgan fingerprint density at radius 1 is 1.17 bits per heavy atom. The Morgan fingerprint density at radius 2 is 1.91 bits per heavy atom. The molecule has 10 heteroatoms. The number of esters is 1. The number of carbonyl (C=O) groups is 1. The Morgan fingerprint density at radius 3 is 2.63 bits per heavy atom. The predicted molar refractivity (Wildman–Crippen MR) is 132 cm³/mol. The van der Waals surface area contributed by atoms with Gasteiger partial charge in [0, 0.05) is 30.9 Å². The number of carbonyl (C=O) groups excluding carboxylic acids is 1. The highest BCUT2D eigenvalue weighted by atomic mass is 16.5. The topological polar surface area (TPSA) is 117 Å². The van der Waals surface area contributed by atoms with Crippen LogP contribution in [0.2, 0.25) is 0 Å². The summed E-state index contributed by atoms with van der Waals surface area (Å²) in [6.45, 7) is 6.13. The molecule has 0 bridgehead atoms. The summed E-state index contributed by atoms with van der Waals surface area (Å²) >= 11 is 0. The Hall–Kier alpha value is -4.21. The lowest BCUT2D eigenvalue weighted by Gasteiger charge is -2.04. The van der Waals surface area contributed by atoms with Crippen LogP contribution in [0.4, 0.5) is 0 Å². The number of aromatic amines is 1. The monoisotopic (exact) mass is 476 g/mol. The molecule has 1 N–H and O–H groups in total. The number of imidazole rings is 1. The van der Waals surface area contributed by atoms with E-state index in [9.17, 15) is 14.4 Å². The van der Waals surface area contributed by atoms with Crippen LogP contribution in [-0.4, -0.2) is 34.9 Å². The summed E-state index contributed by atoms with van der Waals surface area (Å²) in [6, 6.07) is 9.75. The van der Waals surface area contributed by atoms with Crippen LogP contribution >= 0.6 is 0 Å². The van der Waals surface area contributed by atoms with E-state index in [2.05, 4.69) is 15.1 Å². The van der Waals surface area contributed by atoms with E-state index in [0.29, 0.717) is 12.4 Å². The summed E-state index contributed by atoms with van der Waals surface area (Å²) in [4.78, 5) is 43.9. The molecule has 35 heavy (non-hydrogen) atoms. The summed E-state index contributed by atoms with van der Waals surface area (Å²) in [7, 11) is 1.66. The highest BCUT2D eigenvalue weighted by molar-refractivity contribution is 5.87. The van der Waals surface area contributed by atoms with Gasteiger partial charge in [-0.2, -0.15) is 5.10 Å². The van der Waals surface area contributed by atoms with Gasteiger partial charge in [-0.3, -0.25) is 14.3 Å². The molecule has 0 spiro atoms. The molecular weight excluding hydrogens is 448 g/mol. The minimum atomic E-state index is -0.555. The lowest BCUT2D eigenvalue weighted by atomic mass is 10.2. The molecule has 3 heterocycles. The normalized spacial score (nSPS) is 11.5. The maximum Gasteiger partial charge on any atom is 0.331 e. The summed E-state index contributed by atoms with van der Waals surface area (Å²) in [5, 5.41) is 4.57. The number of nitrogens with zero attached hydrogens (tertiary/aromatic N) is 5. The van der Waals surface area contributed by atoms with Gasteiger partial charge in [-0.1, -0.05) is 31.5 Å². The second-order valence-electron chi connectivity index (χ2n) is 8.30. The van der Waals surface area contributed by atoms with Gasteiger partial charge in [-0.25, -0.2) is 19.3 Å². The van der Waals surface area contributed by atoms with Crippen LogP contribution < -0.4 is 11.2 Å². The van der Waals surface area contributed by atoms with Crippen molar-refractivity contribution in [1.82, 2.24) is 28.9 Å². The SMILES string of the molecule is CCCCn1c(=O)[nH]c(=O)c2c1nc(COC(=O)/C=C/c1c(C)nn(-c3ccccc3)c1C)n2C. The number of hydrogen-bond acceptors (Lipinski definition) is 6. The largest absolute Gasteiger partial charge is 0.454 e. The number of ether oxygens (including phenoxy) is 1. The van der Waals surface area contributed by atoms with Crippen molar-refractivity contribution in [2.45, 2.75) is 46.8 Å². The van der Waals surface area contributed by atoms with Gasteiger partial charge in [0.2, 0.25) is 0 Å².